The quantitative estimate of drug-likeness (QED) is 0.423. The molecule has 0 fully saturated rings. The molecular formula is C20H19N5O6S2. The van der Waals surface area contributed by atoms with Gasteiger partial charge in [0.15, 0.2) is 12.4 Å². The summed E-state index contributed by atoms with van der Waals surface area (Å²) in [6.07, 6.45) is 0. The van der Waals surface area contributed by atoms with Crippen molar-refractivity contribution in [2.45, 2.75) is 18.7 Å². The minimum Gasteiger partial charge on any atom is -0.482 e. The fourth-order valence-electron chi connectivity index (χ4n) is 2.99. The van der Waals surface area contributed by atoms with Crippen LogP contribution in [0.25, 0.3) is 0 Å². The Bertz CT molecular complexity index is 1330. The third kappa shape index (κ3) is 4.74. The first-order valence-corrected chi connectivity index (χ1v) is 11.8. The van der Waals surface area contributed by atoms with Gasteiger partial charge in [0.05, 0.1) is 5.69 Å². The zero-order valence-electron chi connectivity index (χ0n) is 17.5. The molecule has 0 atom stereocenters. The van der Waals surface area contributed by atoms with E-state index in [0.717, 1.165) is 10.6 Å². The molecule has 0 bridgehead atoms. The van der Waals surface area contributed by atoms with Crippen LogP contribution < -0.4 is 20.4 Å². The number of hydrogen-bond acceptors (Lipinski definition) is 10. The maximum atomic E-state index is 12.0. The molecular weight excluding hydrogens is 470 g/mol. The van der Waals surface area contributed by atoms with E-state index in [9.17, 15) is 17.8 Å². The predicted molar refractivity (Wildman–Crippen MR) is 122 cm³/mol. The SMILES string of the molecule is Cc1nc(N2N=C(c3cccc(OCC(=O)O)c3)NN2c2ccccc2S(=O)(=O)O)sc1C. The summed E-state index contributed by atoms with van der Waals surface area (Å²) >= 11 is 1.36. The second-order valence-corrected chi connectivity index (χ2v) is 9.52. The topological polar surface area (TPSA) is 145 Å². The third-order valence-corrected chi connectivity index (χ3v) is 6.57. The number of rotatable bonds is 7. The summed E-state index contributed by atoms with van der Waals surface area (Å²) in [7, 11) is -4.54. The van der Waals surface area contributed by atoms with Gasteiger partial charge >= 0.3 is 5.97 Å². The number of amidine groups is 1. The number of anilines is 2. The lowest BCUT2D eigenvalue weighted by Crippen LogP contribution is -2.45. The number of aromatic nitrogens is 1. The summed E-state index contributed by atoms with van der Waals surface area (Å²) in [5.74, 6) is -0.458. The molecule has 3 N–H and O–H groups in total. The molecule has 2 aromatic carbocycles. The highest BCUT2D eigenvalue weighted by Crippen LogP contribution is 2.33. The summed E-state index contributed by atoms with van der Waals surface area (Å²) in [6, 6.07) is 12.5. The first-order chi connectivity index (χ1) is 15.6. The number of carboxylic acids is 1. The van der Waals surface area contributed by atoms with Crippen LogP contribution in [-0.4, -0.2) is 41.5 Å². The van der Waals surface area contributed by atoms with Gasteiger partial charge in [-0.25, -0.2) is 9.78 Å². The number of thiazole rings is 1. The standard InChI is InChI=1S/C20H19N5O6S2/c1-12-13(2)32-20(21-12)25-23-19(14-6-5-7-15(10-14)31-11-18(26)27)22-24(25)16-8-3-4-9-17(16)33(28,29)30/h3-10H,11H2,1-2H3,(H,22,23)(H,26,27)(H,28,29,30). The van der Waals surface area contributed by atoms with Gasteiger partial charge in [-0.05, 0) is 38.1 Å². The lowest BCUT2D eigenvalue weighted by atomic mass is 10.2. The van der Waals surface area contributed by atoms with Crippen LogP contribution in [0.3, 0.4) is 0 Å². The molecule has 0 spiro atoms. The highest BCUT2D eigenvalue weighted by Gasteiger charge is 2.32. The average Bonchev–Trinajstić information content (AvgIpc) is 3.35. The Morgan fingerprint density at radius 1 is 1.18 bits per heavy atom. The van der Waals surface area contributed by atoms with E-state index in [2.05, 4.69) is 15.5 Å². The number of aryl methyl sites for hydroxylation is 2. The van der Waals surface area contributed by atoms with Gasteiger partial charge in [-0.1, -0.05) is 35.6 Å². The normalized spacial score (nSPS) is 13.6. The molecule has 3 aromatic rings. The highest BCUT2D eigenvalue weighted by molar-refractivity contribution is 7.86. The first-order valence-electron chi connectivity index (χ1n) is 9.54. The molecule has 0 radical (unpaired) electrons. The van der Waals surface area contributed by atoms with Crippen LogP contribution >= 0.6 is 11.3 Å². The van der Waals surface area contributed by atoms with Crippen molar-refractivity contribution >= 4 is 44.1 Å². The van der Waals surface area contributed by atoms with Crippen LogP contribution in [0.2, 0.25) is 0 Å². The van der Waals surface area contributed by atoms with Gasteiger partial charge in [-0.3, -0.25) is 9.98 Å². The zero-order valence-corrected chi connectivity index (χ0v) is 19.1. The molecule has 4 rings (SSSR count). The predicted octanol–water partition coefficient (Wildman–Crippen LogP) is 2.58. The Morgan fingerprint density at radius 2 is 1.94 bits per heavy atom. The number of hydrazone groups is 1. The van der Waals surface area contributed by atoms with Gasteiger partial charge in [-0.2, -0.15) is 13.5 Å². The van der Waals surface area contributed by atoms with Crippen molar-refractivity contribution in [1.82, 2.24) is 10.4 Å². The number of hydrogen-bond donors (Lipinski definition) is 3. The molecule has 11 nitrogen and oxygen atoms in total. The number of benzene rings is 2. The van der Waals surface area contributed by atoms with E-state index < -0.39 is 22.7 Å². The summed E-state index contributed by atoms with van der Waals surface area (Å²) in [6.45, 7) is 3.26. The second-order valence-electron chi connectivity index (χ2n) is 6.95. The molecule has 0 amide bonds. The monoisotopic (exact) mass is 489 g/mol. The summed E-state index contributed by atoms with van der Waals surface area (Å²) < 4.78 is 39.0. The number of aliphatic carboxylic acids is 1. The Labute approximate surface area is 193 Å². The van der Waals surface area contributed by atoms with Gasteiger partial charge in [0.1, 0.15) is 16.3 Å². The van der Waals surface area contributed by atoms with Crippen LogP contribution in [0.1, 0.15) is 16.1 Å². The Morgan fingerprint density at radius 3 is 2.61 bits per heavy atom. The third-order valence-electron chi connectivity index (χ3n) is 4.63. The Balaban J connectivity index is 1.77. The van der Waals surface area contributed by atoms with Crippen molar-refractivity contribution in [1.29, 1.82) is 0 Å². The molecule has 0 saturated carbocycles. The molecule has 13 heteroatoms. The summed E-state index contributed by atoms with van der Waals surface area (Å²) in [5.41, 5.74) is 4.51. The molecule has 0 saturated heterocycles. The first kappa shape index (κ1) is 22.5. The number of ether oxygens (including phenoxy) is 1. The van der Waals surface area contributed by atoms with Crippen LogP contribution in [0, 0.1) is 13.8 Å². The zero-order chi connectivity index (χ0) is 23.8. The summed E-state index contributed by atoms with van der Waals surface area (Å²) in [5, 5.41) is 16.6. The maximum absolute atomic E-state index is 12.0. The van der Waals surface area contributed by atoms with E-state index in [0.29, 0.717) is 22.3 Å². The summed E-state index contributed by atoms with van der Waals surface area (Å²) in [4.78, 5) is 16.0. The number of nitrogens with one attached hydrogen (secondary N) is 1. The largest absolute Gasteiger partial charge is 0.482 e. The van der Waals surface area contributed by atoms with Crippen molar-refractivity contribution in [2.75, 3.05) is 16.8 Å². The van der Waals surface area contributed by atoms with Gasteiger partial charge in [0.2, 0.25) is 5.13 Å². The van der Waals surface area contributed by atoms with Crippen molar-refractivity contribution < 1.29 is 27.6 Å². The molecule has 33 heavy (non-hydrogen) atoms. The van der Waals surface area contributed by atoms with E-state index in [4.69, 9.17) is 9.84 Å². The molecule has 2 heterocycles. The molecule has 1 aromatic heterocycles. The average molecular weight is 490 g/mol. The molecule has 172 valence electrons. The molecule has 1 aliphatic heterocycles. The second kappa shape index (κ2) is 8.69. The number of carbonyl (C=O) groups is 1. The van der Waals surface area contributed by atoms with E-state index in [1.807, 2.05) is 13.8 Å². The minimum absolute atomic E-state index is 0.127. The smallest absolute Gasteiger partial charge is 0.341 e. The van der Waals surface area contributed by atoms with Gasteiger partial charge < -0.3 is 9.84 Å². The molecule has 1 aliphatic rings. The lowest BCUT2D eigenvalue weighted by molar-refractivity contribution is -0.139. The van der Waals surface area contributed by atoms with Gasteiger partial charge in [0.25, 0.3) is 10.1 Å². The fourth-order valence-corrected chi connectivity index (χ4v) is 4.52. The van der Waals surface area contributed by atoms with Crippen LogP contribution in [0.15, 0.2) is 58.5 Å². The Hall–Kier alpha value is -3.68. The van der Waals surface area contributed by atoms with Crippen molar-refractivity contribution in [3.63, 3.8) is 0 Å². The maximum Gasteiger partial charge on any atom is 0.341 e. The number of carboxylic acid groups (broad SMARTS) is 1. The van der Waals surface area contributed by atoms with Crippen LogP contribution in [-0.2, 0) is 14.9 Å². The van der Waals surface area contributed by atoms with E-state index in [1.54, 1.807) is 30.3 Å². The van der Waals surface area contributed by atoms with Crippen molar-refractivity contribution in [3.8, 4) is 5.75 Å². The van der Waals surface area contributed by atoms with Crippen LogP contribution in [0.4, 0.5) is 10.8 Å². The number of nitrogens with zero attached hydrogens (tertiary/aromatic N) is 4. The van der Waals surface area contributed by atoms with Crippen LogP contribution in [0.5, 0.6) is 5.75 Å². The van der Waals surface area contributed by atoms with E-state index >= 15 is 0 Å². The van der Waals surface area contributed by atoms with Gasteiger partial charge in [0, 0.05) is 10.4 Å². The number of hydrazine groups is 2. The molecule has 0 unspecified atom stereocenters. The van der Waals surface area contributed by atoms with E-state index in [-0.39, 0.29) is 10.6 Å². The fraction of sp³-hybridized carbons (Fsp3) is 0.150. The highest BCUT2D eigenvalue weighted by atomic mass is 32.2. The van der Waals surface area contributed by atoms with E-state index in [1.165, 1.54) is 39.8 Å². The van der Waals surface area contributed by atoms with Crippen molar-refractivity contribution in [3.05, 3.63) is 64.7 Å². The Kier molecular flexibility index (Phi) is 5.93. The molecule has 0 aliphatic carbocycles. The lowest BCUT2D eigenvalue weighted by Gasteiger charge is -2.27. The van der Waals surface area contributed by atoms with Gasteiger partial charge in [-0.15, -0.1) is 10.2 Å². The number of para-hydroxylation sites is 1. The van der Waals surface area contributed by atoms with Crippen molar-refractivity contribution in [2.24, 2.45) is 5.10 Å². The minimum atomic E-state index is -4.54.